The number of morpholine rings is 1. The standard InChI is InChI=1S/C14H16N2O5/c17-13(16-5-7-20-8-11(16)14(18)19)9-2-1-3-10-12(9)21-6-4-15-10/h1-3,11,15H,4-8H2,(H,18,19). The maximum Gasteiger partial charge on any atom is 0.328 e. The van der Waals surface area contributed by atoms with Gasteiger partial charge in [0.05, 0.1) is 24.5 Å². The first-order valence-electron chi connectivity index (χ1n) is 6.79. The Balaban J connectivity index is 1.92. The van der Waals surface area contributed by atoms with Gasteiger partial charge in [0.25, 0.3) is 5.91 Å². The van der Waals surface area contributed by atoms with Crippen molar-refractivity contribution < 1.29 is 24.2 Å². The van der Waals surface area contributed by atoms with E-state index in [0.29, 0.717) is 31.1 Å². The van der Waals surface area contributed by atoms with E-state index in [9.17, 15) is 14.7 Å². The van der Waals surface area contributed by atoms with E-state index in [-0.39, 0.29) is 19.1 Å². The molecule has 7 heteroatoms. The van der Waals surface area contributed by atoms with Crippen molar-refractivity contribution in [3.63, 3.8) is 0 Å². The highest BCUT2D eigenvalue weighted by molar-refractivity contribution is 6.00. The molecule has 2 N–H and O–H groups in total. The topological polar surface area (TPSA) is 88.1 Å². The summed E-state index contributed by atoms with van der Waals surface area (Å²) in [6, 6.07) is 4.28. The smallest absolute Gasteiger partial charge is 0.328 e. The van der Waals surface area contributed by atoms with Gasteiger partial charge >= 0.3 is 5.97 Å². The molecule has 0 bridgehead atoms. The number of nitrogens with one attached hydrogen (secondary N) is 1. The highest BCUT2D eigenvalue weighted by Gasteiger charge is 2.35. The van der Waals surface area contributed by atoms with Gasteiger partial charge in [-0.15, -0.1) is 0 Å². The molecular weight excluding hydrogens is 276 g/mol. The number of carbonyl (C=O) groups is 2. The number of benzene rings is 1. The predicted molar refractivity (Wildman–Crippen MR) is 73.7 cm³/mol. The average Bonchev–Trinajstić information content (AvgIpc) is 2.53. The molecule has 2 aliphatic heterocycles. The highest BCUT2D eigenvalue weighted by Crippen LogP contribution is 2.32. The van der Waals surface area contributed by atoms with Crippen LogP contribution in [0.3, 0.4) is 0 Å². The first kappa shape index (κ1) is 13.7. The van der Waals surface area contributed by atoms with E-state index in [1.807, 2.05) is 6.07 Å². The number of hydrogen-bond acceptors (Lipinski definition) is 5. The fourth-order valence-electron chi connectivity index (χ4n) is 2.55. The lowest BCUT2D eigenvalue weighted by molar-refractivity contribution is -0.147. The van der Waals surface area contributed by atoms with Crippen molar-refractivity contribution in [2.45, 2.75) is 6.04 Å². The van der Waals surface area contributed by atoms with E-state index in [0.717, 1.165) is 5.69 Å². The number of nitrogens with zero attached hydrogens (tertiary/aromatic N) is 1. The van der Waals surface area contributed by atoms with Gasteiger partial charge in [0.15, 0.2) is 11.8 Å². The van der Waals surface area contributed by atoms with Crippen molar-refractivity contribution in [1.82, 2.24) is 4.90 Å². The van der Waals surface area contributed by atoms with E-state index in [1.54, 1.807) is 12.1 Å². The van der Waals surface area contributed by atoms with E-state index < -0.39 is 12.0 Å². The summed E-state index contributed by atoms with van der Waals surface area (Å²) in [6.45, 7) is 1.76. The molecule has 21 heavy (non-hydrogen) atoms. The van der Waals surface area contributed by atoms with Gasteiger partial charge in [-0.3, -0.25) is 4.79 Å². The number of fused-ring (bicyclic) bond motifs is 1. The molecule has 2 aliphatic rings. The first-order valence-corrected chi connectivity index (χ1v) is 6.79. The number of rotatable bonds is 2. The molecule has 1 atom stereocenters. The van der Waals surface area contributed by atoms with Crippen molar-refractivity contribution in [2.75, 3.05) is 38.2 Å². The zero-order chi connectivity index (χ0) is 14.8. The zero-order valence-corrected chi connectivity index (χ0v) is 11.4. The SMILES string of the molecule is O=C(O)C1COCCN1C(=O)c1cccc2c1OCCN2. The Kier molecular flexibility index (Phi) is 3.66. The molecule has 0 saturated carbocycles. The van der Waals surface area contributed by atoms with Crippen LogP contribution < -0.4 is 10.1 Å². The lowest BCUT2D eigenvalue weighted by atomic mass is 10.1. The van der Waals surface area contributed by atoms with Crippen molar-refractivity contribution in [1.29, 1.82) is 0 Å². The molecule has 1 fully saturated rings. The number of carbonyl (C=O) groups excluding carboxylic acids is 1. The van der Waals surface area contributed by atoms with Gasteiger partial charge in [-0.25, -0.2) is 4.79 Å². The Hall–Kier alpha value is -2.28. The number of ether oxygens (including phenoxy) is 2. The molecule has 1 saturated heterocycles. The predicted octanol–water partition coefficient (Wildman–Crippen LogP) is 0.416. The number of aliphatic carboxylic acids is 1. The van der Waals surface area contributed by atoms with Gasteiger partial charge in [-0.1, -0.05) is 6.07 Å². The van der Waals surface area contributed by atoms with Crippen LogP contribution in [0, 0.1) is 0 Å². The number of hydrogen-bond donors (Lipinski definition) is 2. The molecule has 0 aliphatic carbocycles. The number of para-hydroxylation sites is 1. The molecular formula is C14H16N2O5. The third kappa shape index (κ3) is 2.52. The van der Waals surface area contributed by atoms with Crippen LogP contribution in [0.5, 0.6) is 5.75 Å². The second kappa shape index (κ2) is 5.61. The third-order valence-electron chi connectivity index (χ3n) is 3.58. The van der Waals surface area contributed by atoms with Gasteiger partial charge in [0, 0.05) is 13.1 Å². The minimum atomic E-state index is -1.06. The minimum Gasteiger partial charge on any atom is -0.489 e. The summed E-state index contributed by atoms with van der Waals surface area (Å²) in [7, 11) is 0. The van der Waals surface area contributed by atoms with Crippen LogP contribution in [0.15, 0.2) is 18.2 Å². The average molecular weight is 292 g/mol. The Labute approximate surface area is 121 Å². The van der Waals surface area contributed by atoms with Crippen LogP contribution in [-0.4, -0.2) is 60.8 Å². The van der Waals surface area contributed by atoms with Crippen molar-refractivity contribution >= 4 is 17.6 Å². The molecule has 112 valence electrons. The molecule has 7 nitrogen and oxygen atoms in total. The zero-order valence-electron chi connectivity index (χ0n) is 11.4. The Morgan fingerprint density at radius 1 is 1.33 bits per heavy atom. The maximum absolute atomic E-state index is 12.7. The first-order chi connectivity index (χ1) is 10.2. The molecule has 1 aromatic carbocycles. The molecule has 1 aromatic rings. The second-order valence-corrected chi connectivity index (χ2v) is 4.88. The Morgan fingerprint density at radius 3 is 3.00 bits per heavy atom. The van der Waals surface area contributed by atoms with Crippen molar-refractivity contribution in [2.24, 2.45) is 0 Å². The summed E-state index contributed by atoms with van der Waals surface area (Å²) >= 11 is 0. The lowest BCUT2D eigenvalue weighted by Gasteiger charge is -2.33. The van der Waals surface area contributed by atoms with Gasteiger partial charge in [-0.2, -0.15) is 0 Å². The van der Waals surface area contributed by atoms with Crippen molar-refractivity contribution in [3.05, 3.63) is 23.8 Å². The molecule has 2 heterocycles. The fraction of sp³-hybridized carbons (Fsp3) is 0.429. The van der Waals surface area contributed by atoms with Gasteiger partial charge < -0.3 is 24.8 Å². The number of carboxylic acids is 1. The van der Waals surface area contributed by atoms with Crippen LogP contribution in [0.1, 0.15) is 10.4 Å². The van der Waals surface area contributed by atoms with Crippen LogP contribution in [0.2, 0.25) is 0 Å². The molecule has 0 radical (unpaired) electrons. The van der Waals surface area contributed by atoms with Gasteiger partial charge in [-0.05, 0) is 12.1 Å². The molecule has 0 spiro atoms. The van der Waals surface area contributed by atoms with E-state index in [1.165, 1.54) is 4.90 Å². The van der Waals surface area contributed by atoms with Gasteiger partial charge in [0.2, 0.25) is 0 Å². The van der Waals surface area contributed by atoms with Gasteiger partial charge in [0.1, 0.15) is 6.61 Å². The molecule has 1 unspecified atom stereocenters. The minimum absolute atomic E-state index is 0.00913. The molecule has 3 rings (SSSR count). The largest absolute Gasteiger partial charge is 0.489 e. The third-order valence-corrected chi connectivity index (χ3v) is 3.58. The molecule has 1 amide bonds. The lowest BCUT2D eigenvalue weighted by Crippen LogP contribution is -2.52. The quantitative estimate of drug-likeness (QED) is 0.821. The summed E-state index contributed by atoms with van der Waals surface area (Å²) in [6.07, 6.45) is 0. The summed E-state index contributed by atoms with van der Waals surface area (Å²) in [5.41, 5.74) is 1.14. The number of carboxylic acid groups (broad SMARTS) is 1. The highest BCUT2D eigenvalue weighted by atomic mass is 16.5. The van der Waals surface area contributed by atoms with Crippen LogP contribution >= 0.6 is 0 Å². The summed E-state index contributed by atoms with van der Waals surface area (Å²) in [5.74, 6) is -0.914. The van der Waals surface area contributed by atoms with Crippen molar-refractivity contribution in [3.8, 4) is 5.75 Å². The normalized spacial score (nSPS) is 21.0. The van der Waals surface area contributed by atoms with E-state index in [2.05, 4.69) is 5.32 Å². The van der Waals surface area contributed by atoms with Crippen LogP contribution in [0.25, 0.3) is 0 Å². The van der Waals surface area contributed by atoms with Crippen LogP contribution in [-0.2, 0) is 9.53 Å². The summed E-state index contributed by atoms with van der Waals surface area (Å²) < 4.78 is 10.7. The van der Waals surface area contributed by atoms with E-state index in [4.69, 9.17) is 9.47 Å². The number of anilines is 1. The Bertz CT molecular complexity index is 574. The van der Waals surface area contributed by atoms with Crippen LogP contribution in [0.4, 0.5) is 5.69 Å². The summed E-state index contributed by atoms with van der Waals surface area (Å²) in [4.78, 5) is 25.3. The fourth-order valence-corrected chi connectivity index (χ4v) is 2.55. The molecule has 0 aromatic heterocycles. The number of amides is 1. The maximum atomic E-state index is 12.7. The van der Waals surface area contributed by atoms with E-state index >= 15 is 0 Å². The monoisotopic (exact) mass is 292 g/mol. The summed E-state index contributed by atoms with van der Waals surface area (Å²) in [5, 5.41) is 12.4. The Morgan fingerprint density at radius 2 is 2.19 bits per heavy atom. The second-order valence-electron chi connectivity index (χ2n) is 4.88.